The van der Waals surface area contributed by atoms with Crippen LogP contribution in [0.2, 0.25) is 0 Å². The number of morpholine rings is 1. The van der Waals surface area contributed by atoms with Crippen LogP contribution in [0.25, 0.3) is 11.0 Å². The lowest BCUT2D eigenvalue weighted by atomic mass is 10.1. The number of aromatic amines is 1. The van der Waals surface area contributed by atoms with Crippen molar-refractivity contribution in [3.8, 4) is 0 Å². The second-order valence-electron chi connectivity index (χ2n) is 6.75. The van der Waals surface area contributed by atoms with Gasteiger partial charge in [-0.1, -0.05) is 5.16 Å². The monoisotopic (exact) mass is 373 g/mol. The van der Waals surface area contributed by atoms with Crippen molar-refractivity contribution in [3.63, 3.8) is 0 Å². The first-order chi connectivity index (χ1) is 13.1. The molecule has 1 fully saturated rings. The number of aldehydes is 1. The fourth-order valence-corrected chi connectivity index (χ4v) is 3.51. The highest BCUT2D eigenvalue weighted by Gasteiger charge is 2.29. The molecule has 0 bridgehead atoms. The quantitative estimate of drug-likeness (QED) is 0.664. The number of hydrogen-bond acceptors (Lipinski definition) is 7. The first kappa shape index (κ1) is 17.5. The van der Waals surface area contributed by atoms with Gasteiger partial charge in [0.1, 0.15) is 0 Å². The molecule has 1 aliphatic rings. The third kappa shape index (κ3) is 3.25. The van der Waals surface area contributed by atoms with Gasteiger partial charge in [-0.15, -0.1) is 0 Å². The van der Waals surface area contributed by atoms with Crippen LogP contribution in [0.1, 0.15) is 29.9 Å². The predicted octanol–water partition coefficient (Wildman–Crippen LogP) is 2.73. The van der Waals surface area contributed by atoms with Crippen molar-refractivity contribution in [2.45, 2.75) is 32.6 Å². The molecule has 1 aromatic carbocycles. The van der Waals surface area contributed by atoms with E-state index in [-0.39, 0.29) is 29.0 Å². The van der Waals surface area contributed by atoms with Crippen LogP contribution in [-0.2, 0) is 11.3 Å². The van der Waals surface area contributed by atoms with Gasteiger partial charge in [0.25, 0.3) is 0 Å². The van der Waals surface area contributed by atoms with Gasteiger partial charge in [0.05, 0.1) is 41.8 Å². The Balaban J connectivity index is 1.71. The lowest BCUT2D eigenvalue weighted by molar-refractivity contribution is -0.00543. The van der Waals surface area contributed by atoms with E-state index in [2.05, 4.69) is 20.4 Å². The summed E-state index contributed by atoms with van der Waals surface area (Å²) in [5.74, 6) is -0.213. The van der Waals surface area contributed by atoms with E-state index in [0.717, 1.165) is 5.69 Å². The maximum Gasteiger partial charge on any atom is 0.206 e. The summed E-state index contributed by atoms with van der Waals surface area (Å²) in [7, 11) is 0. The molecular formula is C18H20FN5O3. The topological polar surface area (TPSA) is 96.3 Å². The van der Waals surface area contributed by atoms with Crippen molar-refractivity contribution in [1.82, 2.24) is 15.1 Å². The SMILES string of the molecule is C[C@@H]1CN(c2c(C=O)cc3c(NCc4cnc[nH]4)noc3c2F)C[C@H](C)O1. The number of ether oxygens (including phenoxy) is 1. The molecule has 0 radical (unpaired) electrons. The van der Waals surface area contributed by atoms with Gasteiger partial charge in [-0.25, -0.2) is 9.37 Å². The van der Waals surface area contributed by atoms with Crippen LogP contribution in [0.4, 0.5) is 15.9 Å². The Hall–Kier alpha value is -2.94. The molecule has 0 unspecified atom stereocenters. The zero-order valence-electron chi connectivity index (χ0n) is 15.0. The van der Waals surface area contributed by atoms with Crippen LogP contribution in [0.3, 0.4) is 0 Å². The van der Waals surface area contributed by atoms with E-state index in [1.165, 1.54) is 0 Å². The molecule has 0 amide bonds. The van der Waals surface area contributed by atoms with Crippen LogP contribution in [0.5, 0.6) is 0 Å². The largest absolute Gasteiger partial charge is 0.372 e. The number of nitrogens with zero attached hydrogens (tertiary/aromatic N) is 3. The third-order valence-electron chi connectivity index (χ3n) is 4.57. The smallest absolute Gasteiger partial charge is 0.206 e. The minimum absolute atomic E-state index is 0.0227. The predicted molar refractivity (Wildman–Crippen MR) is 97.5 cm³/mol. The van der Waals surface area contributed by atoms with Gasteiger partial charge < -0.3 is 24.5 Å². The van der Waals surface area contributed by atoms with Gasteiger partial charge in [-0.05, 0) is 19.9 Å². The lowest BCUT2D eigenvalue weighted by Gasteiger charge is -2.37. The zero-order valence-corrected chi connectivity index (χ0v) is 15.0. The first-order valence-corrected chi connectivity index (χ1v) is 8.75. The van der Waals surface area contributed by atoms with E-state index >= 15 is 4.39 Å². The van der Waals surface area contributed by atoms with E-state index in [4.69, 9.17) is 9.26 Å². The molecule has 27 heavy (non-hydrogen) atoms. The van der Waals surface area contributed by atoms with Crippen LogP contribution in [-0.4, -0.2) is 46.7 Å². The third-order valence-corrected chi connectivity index (χ3v) is 4.57. The molecule has 1 aliphatic heterocycles. The number of carbonyl (C=O) groups excluding carboxylic acids is 1. The maximum atomic E-state index is 15.3. The number of H-pyrrole nitrogens is 1. The normalized spacial score (nSPS) is 20.2. The molecular weight excluding hydrogens is 353 g/mol. The Labute approximate surface area is 154 Å². The molecule has 8 nitrogen and oxygen atoms in total. The van der Waals surface area contributed by atoms with Crippen molar-refractivity contribution in [2.75, 3.05) is 23.3 Å². The molecule has 2 N–H and O–H groups in total. The number of rotatable bonds is 5. The van der Waals surface area contributed by atoms with Gasteiger partial charge in [-0.2, -0.15) is 0 Å². The number of hydrogen-bond donors (Lipinski definition) is 2. The number of fused-ring (bicyclic) bond motifs is 1. The summed E-state index contributed by atoms with van der Waals surface area (Å²) < 4.78 is 26.2. The highest BCUT2D eigenvalue weighted by Crippen LogP contribution is 2.35. The average Bonchev–Trinajstić information content (AvgIpc) is 3.28. The van der Waals surface area contributed by atoms with Crippen LogP contribution >= 0.6 is 0 Å². The van der Waals surface area contributed by atoms with Crippen molar-refractivity contribution < 1.29 is 18.4 Å². The molecule has 2 atom stereocenters. The highest BCUT2D eigenvalue weighted by molar-refractivity contribution is 5.98. The Bertz CT molecular complexity index is 946. The van der Waals surface area contributed by atoms with Crippen LogP contribution < -0.4 is 10.2 Å². The number of nitrogens with one attached hydrogen (secondary N) is 2. The fraction of sp³-hybridized carbons (Fsp3) is 0.389. The van der Waals surface area contributed by atoms with E-state index < -0.39 is 5.82 Å². The van der Waals surface area contributed by atoms with Gasteiger partial charge in [-0.3, -0.25) is 4.79 Å². The molecule has 0 aliphatic carbocycles. The Morgan fingerprint density at radius 1 is 1.41 bits per heavy atom. The minimum atomic E-state index is -0.585. The van der Waals surface area contributed by atoms with E-state index in [1.54, 1.807) is 18.6 Å². The summed E-state index contributed by atoms with van der Waals surface area (Å²) in [6.07, 6.45) is 3.77. The number of halogens is 1. The van der Waals surface area contributed by atoms with E-state index in [1.807, 2.05) is 18.7 Å². The molecule has 0 spiro atoms. The van der Waals surface area contributed by atoms with Gasteiger partial charge in [0.15, 0.2) is 17.9 Å². The second kappa shape index (κ2) is 6.99. The number of carbonyl (C=O) groups is 1. The molecule has 3 aromatic rings. The number of imidazole rings is 1. The Morgan fingerprint density at radius 2 is 2.19 bits per heavy atom. The summed E-state index contributed by atoms with van der Waals surface area (Å²) in [5.41, 5.74) is 1.36. The van der Waals surface area contributed by atoms with E-state index in [0.29, 0.717) is 37.1 Å². The van der Waals surface area contributed by atoms with Gasteiger partial charge in [0, 0.05) is 24.8 Å². The van der Waals surface area contributed by atoms with Crippen molar-refractivity contribution in [1.29, 1.82) is 0 Å². The number of aromatic nitrogens is 3. The Kier molecular flexibility index (Phi) is 4.53. The first-order valence-electron chi connectivity index (χ1n) is 8.75. The maximum absolute atomic E-state index is 15.3. The molecule has 9 heteroatoms. The molecule has 4 rings (SSSR count). The average molecular weight is 373 g/mol. The zero-order chi connectivity index (χ0) is 19.0. The summed E-state index contributed by atoms with van der Waals surface area (Å²) in [6.45, 7) is 5.25. The van der Waals surface area contributed by atoms with Crippen molar-refractivity contribution >= 4 is 28.8 Å². The molecule has 3 heterocycles. The summed E-state index contributed by atoms with van der Waals surface area (Å²) in [4.78, 5) is 20.4. The lowest BCUT2D eigenvalue weighted by Crippen LogP contribution is -2.46. The van der Waals surface area contributed by atoms with Gasteiger partial charge >= 0.3 is 0 Å². The minimum Gasteiger partial charge on any atom is -0.372 e. The van der Waals surface area contributed by atoms with Crippen LogP contribution in [0, 0.1) is 5.82 Å². The second-order valence-corrected chi connectivity index (χ2v) is 6.75. The molecule has 0 saturated carbocycles. The van der Waals surface area contributed by atoms with Crippen molar-refractivity contribution in [2.24, 2.45) is 0 Å². The Morgan fingerprint density at radius 3 is 2.85 bits per heavy atom. The molecule has 1 saturated heterocycles. The highest BCUT2D eigenvalue weighted by atomic mass is 19.1. The number of benzene rings is 1. The molecule has 2 aromatic heterocycles. The van der Waals surface area contributed by atoms with E-state index in [9.17, 15) is 4.79 Å². The molecule has 142 valence electrons. The van der Waals surface area contributed by atoms with Crippen LogP contribution in [0.15, 0.2) is 23.1 Å². The van der Waals surface area contributed by atoms with Gasteiger partial charge in [0.2, 0.25) is 5.58 Å². The summed E-state index contributed by atoms with van der Waals surface area (Å²) in [6, 6.07) is 1.61. The summed E-state index contributed by atoms with van der Waals surface area (Å²) >= 11 is 0. The number of anilines is 2. The standard InChI is InChI=1S/C18H20FN5O3/c1-10-6-24(7-11(2)26-10)16-12(8-25)3-14-17(15(16)19)27-23-18(14)21-5-13-4-20-9-22-13/h3-4,8-11H,5-7H2,1-2H3,(H,20,22)(H,21,23)/t10-,11+. The fourth-order valence-electron chi connectivity index (χ4n) is 3.51. The summed E-state index contributed by atoms with van der Waals surface area (Å²) in [5, 5.41) is 7.42. The van der Waals surface area contributed by atoms with Crippen molar-refractivity contribution in [3.05, 3.63) is 35.7 Å².